The lowest BCUT2D eigenvalue weighted by atomic mass is 9.98. The summed E-state index contributed by atoms with van der Waals surface area (Å²) >= 11 is 0. The van der Waals surface area contributed by atoms with Gasteiger partial charge >= 0.3 is 5.97 Å². The average Bonchev–Trinajstić information content (AvgIpc) is 2.78. The van der Waals surface area contributed by atoms with Crippen LogP contribution < -0.4 is 9.47 Å². The zero-order valence-electron chi connectivity index (χ0n) is 18.0. The Labute approximate surface area is 184 Å². The number of rotatable bonds is 9. The number of benzene rings is 2. The molecule has 0 unspecified atom stereocenters. The number of hydrogen-bond acceptors (Lipinski definition) is 6. The van der Waals surface area contributed by atoms with E-state index in [1.807, 2.05) is 38.1 Å². The largest absolute Gasteiger partial charge is 0.494 e. The number of ether oxygens (including phenoxy) is 3. The number of esters is 1. The van der Waals surface area contributed by atoms with Gasteiger partial charge in [0.25, 0.3) is 0 Å². The smallest absolute Gasteiger partial charge is 0.309 e. The molecule has 1 aliphatic heterocycles. The van der Waals surface area contributed by atoms with Crippen molar-refractivity contribution in [2.75, 3.05) is 32.9 Å². The van der Waals surface area contributed by atoms with E-state index in [1.54, 1.807) is 24.3 Å². The van der Waals surface area contributed by atoms with Crippen molar-refractivity contribution in [3.8, 4) is 11.5 Å². The number of sulfonamides is 1. The number of carbonyl (C=O) groups is 1. The summed E-state index contributed by atoms with van der Waals surface area (Å²) in [6.45, 7) is 5.37. The number of nitrogens with zero attached hydrogens (tertiary/aromatic N) is 1. The molecule has 31 heavy (non-hydrogen) atoms. The first kappa shape index (κ1) is 23.1. The van der Waals surface area contributed by atoms with Crippen molar-refractivity contribution in [1.82, 2.24) is 4.31 Å². The minimum absolute atomic E-state index is 0.165. The van der Waals surface area contributed by atoms with Gasteiger partial charge in [0.15, 0.2) is 0 Å². The van der Waals surface area contributed by atoms with Gasteiger partial charge < -0.3 is 14.2 Å². The third-order valence-corrected chi connectivity index (χ3v) is 7.15. The molecule has 1 fully saturated rings. The quantitative estimate of drug-likeness (QED) is 0.433. The first-order valence-electron chi connectivity index (χ1n) is 10.5. The Balaban J connectivity index is 1.45. The van der Waals surface area contributed by atoms with Crippen molar-refractivity contribution in [3.63, 3.8) is 0 Å². The number of hydrogen-bond donors (Lipinski definition) is 0. The summed E-state index contributed by atoms with van der Waals surface area (Å²) in [5, 5.41) is 0. The van der Waals surface area contributed by atoms with Gasteiger partial charge in [-0.2, -0.15) is 4.31 Å². The molecule has 0 aromatic heterocycles. The van der Waals surface area contributed by atoms with Gasteiger partial charge in [0.05, 0.1) is 17.4 Å². The summed E-state index contributed by atoms with van der Waals surface area (Å²) in [6.07, 6.45) is 0.876. The fourth-order valence-corrected chi connectivity index (χ4v) is 4.96. The van der Waals surface area contributed by atoms with Crippen molar-refractivity contribution >= 4 is 16.0 Å². The van der Waals surface area contributed by atoms with Gasteiger partial charge in [-0.1, -0.05) is 18.2 Å². The Hall–Kier alpha value is -2.58. The zero-order chi connectivity index (χ0) is 22.3. The van der Waals surface area contributed by atoms with Gasteiger partial charge in [0.1, 0.15) is 24.7 Å². The average molecular weight is 448 g/mol. The first-order chi connectivity index (χ1) is 14.9. The third kappa shape index (κ3) is 5.98. The highest BCUT2D eigenvalue weighted by atomic mass is 32.2. The molecule has 8 heteroatoms. The van der Waals surface area contributed by atoms with E-state index in [-0.39, 0.29) is 43.1 Å². The molecule has 0 atom stereocenters. The van der Waals surface area contributed by atoms with Crippen LogP contribution in [0.3, 0.4) is 0 Å². The molecule has 3 rings (SSSR count). The van der Waals surface area contributed by atoms with E-state index in [4.69, 9.17) is 14.2 Å². The van der Waals surface area contributed by atoms with E-state index in [1.165, 1.54) is 4.31 Å². The Bertz CT molecular complexity index is 966. The summed E-state index contributed by atoms with van der Waals surface area (Å²) < 4.78 is 43.5. The Morgan fingerprint density at radius 2 is 1.68 bits per heavy atom. The van der Waals surface area contributed by atoms with Crippen molar-refractivity contribution in [2.45, 2.75) is 31.6 Å². The number of para-hydroxylation sites is 1. The molecule has 1 heterocycles. The Kier molecular flexibility index (Phi) is 7.92. The predicted molar refractivity (Wildman–Crippen MR) is 117 cm³/mol. The second-order valence-corrected chi connectivity index (χ2v) is 9.30. The molecule has 0 saturated carbocycles. The first-order valence-corrected chi connectivity index (χ1v) is 11.9. The monoisotopic (exact) mass is 447 g/mol. The van der Waals surface area contributed by atoms with Crippen LogP contribution in [0.15, 0.2) is 53.4 Å². The van der Waals surface area contributed by atoms with Gasteiger partial charge in [-0.25, -0.2) is 8.42 Å². The minimum atomic E-state index is -3.59. The van der Waals surface area contributed by atoms with Crippen molar-refractivity contribution < 1.29 is 27.4 Å². The molecule has 0 radical (unpaired) electrons. The number of carbonyl (C=O) groups excluding carboxylic acids is 1. The van der Waals surface area contributed by atoms with E-state index in [9.17, 15) is 13.2 Å². The van der Waals surface area contributed by atoms with Crippen LogP contribution in [-0.4, -0.2) is 51.6 Å². The Morgan fingerprint density at radius 1 is 1.00 bits per heavy atom. The lowest BCUT2D eigenvalue weighted by Crippen LogP contribution is -2.40. The van der Waals surface area contributed by atoms with Crippen LogP contribution in [-0.2, 0) is 19.6 Å². The predicted octanol–water partition coefficient (Wildman–Crippen LogP) is 3.42. The molecule has 0 bridgehead atoms. The van der Waals surface area contributed by atoms with Gasteiger partial charge in [0.2, 0.25) is 10.0 Å². The molecule has 0 amide bonds. The molecular weight excluding hydrogens is 418 g/mol. The maximum Gasteiger partial charge on any atom is 0.309 e. The summed E-state index contributed by atoms with van der Waals surface area (Å²) in [7, 11) is -3.59. The molecular formula is C23H29NO6S. The van der Waals surface area contributed by atoms with Crippen LogP contribution in [0, 0.1) is 12.8 Å². The number of piperidine rings is 1. The maximum absolute atomic E-state index is 12.9. The third-order valence-electron chi connectivity index (χ3n) is 5.24. The van der Waals surface area contributed by atoms with Crippen LogP contribution in [0.1, 0.15) is 25.3 Å². The Morgan fingerprint density at radius 3 is 2.32 bits per heavy atom. The molecule has 1 saturated heterocycles. The lowest BCUT2D eigenvalue weighted by Gasteiger charge is -2.30. The fraction of sp³-hybridized carbons (Fsp3) is 0.435. The van der Waals surface area contributed by atoms with Gasteiger partial charge in [-0.15, -0.1) is 0 Å². The van der Waals surface area contributed by atoms with Gasteiger partial charge in [-0.3, -0.25) is 4.79 Å². The highest BCUT2D eigenvalue weighted by Gasteiger charge is 2.32. The van der Waals surface area contributed by atoms with Crippen LogP contribution in [0.4, 0.5) is 0 Å². The second-order valence-electron chi connectivity index (χ2n) is 7.36. The molecule has 2 aromatic rings. The SMILES string of the molecule is CCOc1ccc(S(=O)(=O)N2CCC(C(=O)OCCOc3ccccc3C)CC2)cc1. The standard InChI is InChI=1S/C23H29NO6S/c1-3-28-20-8-10-21(11-9-20)31(26,27)24-14-12-19(13-15-24)23(25)30-17-16-29-22-7-5-4-6-18(22)2/h4-11,19H,3,12-17H2,1-2H3. The van der Waals surface area contributed by atoms with Gasteiger partial charge in [0, 0.05) is 13.1 Å². The zero-order valence-corrected chi connectivity index (χ0v) is 18.8. The molecule has 0 N–H and O–H groups in total. The van der Waals surface area contributed by atoms with Crippen molar-refractivity contribution in [3.05, 3.63) is 54.1 Å². The van der Waals surface area contributed by atoms with Crippen molar-refractivity contribution in [1.29, 1.82) is 0 Å². The summed E-state index contributed by atoms with van der Waals surface area (Å²) in [5.41, 5.74) is 1.02. The maximum atomic E-state index is 12.9. The highest BCUT2D eigenvalue weighted by molar-refractivity contribution is 7.89. The summed E-state index contributed by atoms with van der Waals surface area (Å²) in [6, 6.07) is 14.1. The van der Waals surface area contributed by atoms with Crippen LogP contribution in [0.5, 0.6) is 11.5 Å². The molecule has 168 valence electrons. The second kappa shape index (κ2) is 10.6. The van der Waals surface area contributed by atoms with E-state index in [0.717, 1.165) is 11.3 Å². The number of aryl methyl sites for hydroxylation is 1. The molecule has 0 aliphatic carbocycles. The van der Waals surface area contributed by atoms with E-state index >= 15 is 0 Å². The molecule has 2 aromatic carbocycles. The molecule has 7 nitrogen and oxygen atoms in total. The van der Waals surface area contributed by atoms with Crippen molar-refractivity contribution in [2.24, 2.45) is 5.92 Å². The van der Waals surface area contributed by atoms with E-state index < -0.39 is 10.0 Å². The molecule has 0 spiro atoms. The van der Waals surface area contributed by atoms with Crippen LogP contribution in [0.2, 0.25) is 0 Å². The normalized spacial score (nSPS) is 15.4. The van der Waals surface area contributed by atoms with E-state index in [0.29, 0.717) is 25.2 Å². The topological polar surface area (TPSA) is 82.1 Å². The summed E-state index contributed by atoms with van der Waals surface area (Å²) in [5.74, 6) is 0.803. The van der Waals surface area contributed by atoms with Gasteiger partial charge in [-0.05, 0) is 62.6 Å². The fourth-order valence-electron chi connectivity index (χ4n) is 3.49. The lowest BCUT2D eigenvalue weighted by molar-refractivity contribution is -0.150. The molecule has 1 aliphatic rings. The van der Waals surface area contributed by atoms with E-state index in [2.05, 4.69) is 0 Å². The van der Waals surface area contributed by atoms with Crippen LogP contribution in [0.25, 0.3) is 0 Å². The van der Waals surface area contributed by atoms with Crippen LogP contribution >= 0.6 is 0 Å². The highest BCUT2D eigenvalue weighted by Crippen LogP contribution is 2.26. The summed E-state index contributed by atoms with van der Waals surface area (Å²) in [4.78, 5) is 12.6. The minimum Gasteiger partial charge on any atom is -0.494 e.